The summed E-state index contributed by atoms with van der Waals surface area (Å²) in [6, 6.07) is 21.5. The fraction of sp³-hybridized carbons (Fsp3) is 0.0500. The molecule has 0 aliphatic heterocycles. The van der Waals surface area contributed by atoms with Crippen molar-refractivity contribution in [2.45, 2.75) is 0 Å². The number of hydrogen-bond acceptors (Lipinski definition) is 4. The van der Waals surface area contributed by atoms with Crippen LogP contribution in [0.3, 0.4) is 0 Å². The first-order chi connectivity index (χ1) is 11.7. The van der Waals surface area contributed by atoms with Crippen LogP contribution in [0.15, 0.2) is 72.8 Å². The highest BCUT2D eigenvalue weighted by Crippen LogP contribution is 2.21. The van der Waals surface area contributed by atoms with E-state index in [1.54, 1.807) is 30.3 Å². The van der Waals surface area contributed by atoms with Gasteiger partial charge in [0.2, 0.25) is 0 Å². The highest BCUT2D eigenvalue weighted by Gasteiger charge is 2.16. The van der Waals surface area contributed by atoms with Crippen LogP contribution in [0.1, 0.15) is 26.4 Å². The number of hydrogen-bond donors (Lipinski definition) is 0. The molecule has 0 aliphatic carbocycles. The van der Waals surface area contributed by atoms with Gasteiger partial charge in [0.15, 0.2) is 5.78 Å². The number of rotatable bonds is 4. The Morgan fingerprint density at radius 2 is 1.46 bits per heavy atom. The van der Waals surface area contributed by atoms with E-state index in [1.165, 1.54) is 13.2 Å². The molecule has 0 aliphatic rings. The van der Waals surface area contributed by atoms with E-state index < -0.39 is 5.97 Å². The molecule has 1 aromatic heterocycles. The van der Waals surface area contributed by atoms with Crippen molar-refractivity contribution in [3.05, 3.63) is 89.6 Å². The SMILES string of the molecule is COC(=O)c1cc(C(=O)c2ccccc2)cc(-c2ccccc2)n1. The summed E-state index contributed by atoms with van der Waals surface area (Å²) >= 11 is 0. The van der Waals surface area contributed by atoms with Gasteiger partial charge in [-0.2, -0.15) is 0 Å². The summed E-state index contributed by atoms with van der Waals surface area (Å²) in [5.41, 5.74) is 2.44. The predicted molar refractivity (Wildman–Crippen MR) is 90.9 cm³/mol. The first kappa shape index (κ1) is 15.6. The molecule has 0 radical (unpaired) electrons. The molecule has 4 heteroatoms. The molecule has 3 aromatic rings. The standard InChI is InChI=1S/C20H15NO3/c1-24-20(23)18-13-16(19(22)15-10-6-3-7-11-15)12-17(21-18)14-8-4-2-5-9-14/h2-13H,1H3. The minimum atomic E-state index is -0.574. The minimum Gasteiger partial charge on any atom is -0.464 e. The maximum absolute atomic E-state index is 12.7. The summed E-state index contributed by atoms with van der Waals surface area (Å²) in [6.45, 7) is 0. The number of aromatic nitrogens is 1. The molecule has 24 heavy (non-hydrogen) atoms. The molecule has 2 aromatic carbocycles. The minimum absolute atomic E-state index is 0.109. The lowest BCUT2D eigenvalue weighted by atomic mass is 10.0. The molecule has 0 atom stereocenters. The van der Waals surface area contributed by atoms with E-state index in [2.05, 4.69) is 4.98 Å². The molecule has 0 saturated heterocycles. The van der Waals surface area contributed by atoms with Crippen LogP contribution < -0.4 is 0 Å². The van der Waals surface area contributed by atoms with Crippen LogP contribution in [0.5, 0.6) is 0 Å². The van der Waals surface area contributed by atoms with Gasteiger partial charge in [-0.15, -0.1) is 0 Å². The monoisotopic (exact) mass is 317 g/mol. The van der Waals surface area contributed by atoms with Crippen LogP contribution in [-0.4, -0.2) is 23.8 Å². The van der Waals surface area contributed by atoms with Gasteiger partial charge in [0.25, 0.3) is 0 Å². The van der Waals surface area contributed by atoms with Gasteiger partial charge in [-0.1, -0.05) is 60.7 Å². The Hall–Kier alpha value is -3.27. The van der Waals surface area contributed by atoms with E-state index in [0.29, 0.717) is 16.8 Å². The molecule has 0 bridgehead atoms. The third kappa shape index (κ3) is 3.22. The van der Waals surface area contributed by atoms with Crippen molar-refractivity contribution >= 4 is 11.8 Å². The van der Waals surface area contributed by atoms with Gasteiger partial charge in [-0.05, 0) is 12.1 Å². The first-order valence-corrected chi connectivity index (χ1v) is 7.44. The molecule has 0 N–H and O–H groups in total. The van der Waals surface area contributed by atoms with Gasteiger partial charge < -0.3 is 4.74 Å². The highest BCUT2D eigenvalue weighted by molar-refractivity contribution is 6.10. The summed E-state index contributed by atoms with van der Waals surface area (Å²) < 4.78 is 4.75. The van der Waals surface area contributed by atoms with Gasteiger partial charge in [0, 0.05) is 16.7 Å². The number of carbonyl (C=O) groups is 2. The molecule has 118 valence electrons. The van der Waals surface area contributed by atoms with Crippen LogP contribution in [0.2, 0.25) is 0 Å². The van der Waals surface area contributed by atoms with Crippen molar-refractivity contribution in [1.82, 2.24) is 4.98 Å². The van der Waals surface area contributed by atoms with E-state index in [9.17, 15) is 9.59 Å². The van der Waals surface area contributed by atoms with Gasteiger partial charge >= 0.3 is 5.97 Å². The van der Waals surface area contributed by atoms with Crippen molar-refractivity contribution in [2.75, 3.05) is 7.11 Å². The summed E-state index contributed by atoms with van der Waals surface area (Å²) in [4.78, 5) is 28.9. The molecular formula is C20H15NO3. The van der Waals surface area contributed by atoms with E-state index in [-0.39, 0.29) is 11.5 Å². The molecule has 0 spiro atoms. The number of pyridine rings is 1. The molecule has 0 saturated carbocycles. The Morgan fingerprint density at radius 3 is 2.08 bits per heavy atom. The van der Waals surface area contributed by atoms with Gasteiger partial charge in [-0.3, -0.25) is 4.79 Å². The second-order valence-corrected chi connectivity index (χ2v) is 5.18. The molecular weight excluding hydrogens is 302 g/mol. The lowest BCUT2D eigenvalue weighted by molar-refractivity contribution is 0.0594. The maximum Gasteiger partial charge on any atom is 0.356 e. The van der Waals surface area contributed by atoms with Crippen molar-refractivity contribution in [3.63, 3.8) is 0 Å². The zero-order valence-corrected chi connectivity index (χ0v) is 13.1. The second kappa shape index (κ2) is 6.87. The Bertz CT molecular complexity index is 874. The maximum atomic E-state index is 12.7. The number of nitrogens with zero attached hydrogens (tertiary/aromatic N) is 1. The Balaban J connectivity index is 2.12. The molecule has 1 heterocycles. The van der Waals surface area contributed by atoms with Crippen LogP contribution >= 0.6 is 0 Å². The zero-order chi connectivity index (χ0) is 16.9. The number of ketones is 1. The lowest BCUT2D eigenvalue weighted by Gasteiger charge is -2.08. The third-order valence-corrected chi connectivity index (χ3v) is 3.59. The van der Waals surface area contributed by atoms with Crippen molar-refractivity contribution < 1.29 is 14.3 Å². The van der Waals surface area contributed by atoms with E-state index in [0.717, 1.165) is 5.56 Å². The molecule has 0 amide bonds. The van der Waals surface area contributed by atoms with E-state index >= 15 is 0 Å². The first-order valence-electron chi connectivity index (χ1n) is 7.44. The summed E-state index contributed by atoms with van der Waals surface area (Å²) in [5, 5.41) is 0. The van der Waals surface area contributed by atoms with Crippen molar-refractivity contribution in [2.24, 2.45) is 0 Å². The highest BCUT2D eigenvalue weighted by atomic mass is 16.5. The summed E-state index contributed by atoms with van der Waals surface area (Å²) in [5.74, 6) is -0.741. The van der Waals surface area contributed by atoms with Crippen molar-refractivity contribution in [1.29, 1.82) is 0 Å². The Morgan fingerprint density at radius 1 is 0.833 bits per heavy atom. The van der Waals surface area contributed by atoms with Gasteiger partial charge in [0.05, 0.1) is 12.8 Å². The van der Waals surface area contributed by atoms with Crippen LogP contribution in [-0.2, 0) is 4.74 Å². The number of ether oxygens (including phenoxy) is 1. The number of esters is 1. The summed E-state index contributed by atoms with van der Waals surface area (Å²) in [7, 11) is 1.29. The largest absolute Gasteiger partial charge is 0.464 e. The predicted octanol–water partition coefficient (Wildman–Crippen LogP) is 3.77. The fourth-order valence-corrected chi connectivity index (χ4v) is 2.38. The average molecular weight is 317 g/mol. The molecule has 3 rings (SSSR count). The quantitative estimate of drug-likeness (QED) is 0.543. The summed E-state index contributed by atoms with van der Waals surface area (Å²) in [6.07, 6.45) is 0. The van der Waals surface area contributed by atoms with E-state index in [1.807, 2.05) is 36.4 Å². The van der Waals surface area contributed by atoms with Crippen molar-refractivity contribution in [3.8, 4) is 11.3 Å². The smallest absolute Gasteiger partial charge is 0.356 e. The normalized spacial score (nSPS) is 10.2. The molecule has 4 nitrogen and oxygen atoms in total. The number of benzene rings is 2. The molecule has 0 unspecified atom stereocenters. The molecule has 0 fully saturated rings. The Labute approximate surface area is 139 Å². The number of methoxy groups -OCH3 is 1. The lowest BCUT2D eigenvalue weighted by Crippen LogP contribution is -2.09. The van der Waals surface area contributed by atoms with Crippen LogP contribution in [0.25, 0.3) is 11.3 Å². The van der Waals surface area contributed by atoms with E-state index in [4.69, 9.17) is 4.74 Å². The van der Waals surface area contributed by atoms with Crippen LogP contribution in [0, 0.1) is 0 Å². The zero-order valence-electron chi connectivity index (χ0n) is 13.1. The third-order valence-electron chi connectivity index (χ3n) is 3.59. The number of carbonyl (C=O) groups excluding carboxylic acids is 2. The second-order valence-electron chi connectivity index (χ2n) is 5.18. The Kier molecular flexibility index (Phi) is 4.47. The van der Waals surface area contributed by atoms with Gasteiger partial charge in [0.1, 0.15) is 5.69 Å². The average Bonchev–Trinajstić information content (AvgIpc) is 2.67. The fourth-order valence-electron chi connectivity index (χ4n) is 2.38. The van der Waals surface area contributed by atoms with Gasteiger partial charge in [-0.25, -0.2) is 9.78 Å². The topological polar surface area (TPSA) is 56.3 Å². The van der Waals surface area contributed by atoms with Crippen LogP contribution in [0.4, 0.5) is 0 Å².